The van der Waals surface area contributed by atoms with E-state index >= 15 is 0 Å². The maximum atomic E-state index is 7.53. The van der Waals surface area contributed by atoms with E-state index in [4.69, 9.17) is 47.8 Å². The van der Waals surface area contributed by atoms with Crippen LogP contribution in [0.5, 0.6) is 0 Å². The molecule has 0 N–H and O–H groups in total. The molecule has 2 unspecified atom stereocenters. The van der Waals surface area contributed by atoms with E-state index in [0.717, 1.165) is 25.3 Å². The zero-order valence-electron chi connectivity index (χ0n) is 30.2. The average molecular weight is 753 g/mol. The predicted molar refractivity (Wildman–Crippen MR) is 194 cm³/mol. The average Bonchev–Trinajstić information content (AvgIpc) is 3.01. The summed E-state index contributed by atoms with van der Waals surface area (Å²) in [6.07, 6.45) is 20.4. The van der Waals surface area contributed by atoms with Crippen molar-refractivity contribution in [1.82, 2.24) is 0 Å². The summed E-state index contributed by atoms with van der Waals surface area (Å²) in [5, 5.41) is 0. The Morgan fingerprint density at radius 3 is 1.52 bits per heavy atom. The highest BCUT2D eigenvalue weighted by Crippen LogP contribution is 2.47. The zero-order chi connectivity index (χ0) is 34.5. The van der Waals surface area contributed by atoms with E-state index in [1.165, 1.54) is 35.5 Å². The third-order valence-corrected chi connectivity index (χ3v) is 28.1. The highest BCUT2D eigenvalue weighted by atomic mass is 28.5. The molecule has 2 aliphatic rings. The first-order valence-corrected chi connectivity index (χ1v) is 30.6. The summed E-state index contributed by atoms with van der Waals surface area (Å²) in [7, 11) is -9.27. The quantitative estimate of drug-likeness (QED) is 0.0841. The van der Waals surface area contributed by atoms with E-state index < -0.39 is 51.9 Å². The largest absolute Gasteiger partial charge is 0.673 e. The summed E-state index contributed by atoms with van der Waals surface area (Å²) in [5.74, 6) is 0. The van der Waals surface area contributed by atoms with Gasteiger partial charge in [-0.25, -0.2) is 0 Å². The minimum Gasteiger partial charge on any atom is -0.437 e. The van der Waals surface area contributed by atoms with Crippen LogP contribution in [0.3, 0.4) is 0 Å². The van der Waals surface area contributed by atoms with Crippen LogP contribution < -0.4 is 0 Å². The molecule has 0 aromatic carbocycles. The maximum absolute atomic E-state index is 7.53. The lowest BCUT2D eigenvalue weighted by Gasteiger charge is -2.50. The summed E-state index contributed by atoms with van der Waals surface area (Å²) in [5.41, 5.74) is 0.417. The lowest BCUT2D eigenvalue weighted by Crippen LogP contribution is -2.63. The molecule has 0 saturated heterocycles. The van der Waals surface area contributed by atoms with Crippen molar-refractivity contribution in [2.75, 3.05) is 55.4 Å². The predicted octanol–water partition coefficient (Wildman–Crippen LogP) is 6.54. The third-order valence-electron chi connectivity index (χ3n) is 7.46. The Bertz CT molecular complexity index is 985. The van der Waals surface area contributed by atoms with Crippen LogP contribution in [0, 0.1) is 0 Å². The van der Waals surface area contributed by atoms with Crippen LogP contribution in [-0.2, 0) is 47.8 Å². The Hall–Kier alpha value is -0.179. The number of hydrogen-bond donors (Lipinski definition) is 0. The van der Waals surface area contributed by atoms with Gasteiger partial charge in [0.25, 0.3) is 0 Å². The van der Waals surface area contributed by atoms with Gasteiger partial charge in [0, 0.05) is 53.2 Å². The molecule has 11 nitrogen and oxygen atoms in total. The lowest BCUT2D eigenvalue weighted by molar-refractivity contribution is -0.0418. The minimum atomic E-state index is -3.58. The van der Waals surface area contributed by atoms with Gasteiger partial charge in [0.1, 0.15) is 0 Å². The van der Waals surface area contributed by atoms with Gasteiger partial charge in [0.2, 0.25) is 0 Å². The Balaban J connectivity index is 2.09. The van der Waals surface area contributed by atoms with Crippen molar-refractivity contribution in [1.29, 1.82) is 0 Å². The Morgan fingerprint density at radius 1 is 0.565 bits per heavy atom. The molecule has 2 rings (SSSR count). The van der Waals surface area contributed by atoms with Gasteiger partial charge in [0.15, 0.2) is 16.6 Å². The topological polar surface area (TPSA) is 102 Å². The van der Waals surface area contributed by atoms with Crippen molar-refractivity contribution in [3.05, 3.63) is 48.6 Å². The monoisotopic (exact) mass is 752 g/mol. The van der Waals surface area contributed by atoms with Gasteiger partial charge < -0.3 is 47.8 Å². The molecule has 0 aliphatic heterocycles. The SMILES string of the molecule is CO[Si](OC)(OC)O[Si](OC)(OC)OCCOCCC[Si](C)(C)O[Si](O[Si](C)(C)O[Si](C)(C)C)(C1C=CC=CC1)C1C=CC=CC1. The van der Waals surface area contributed by atoms with Crippen molar-refractivity contribution >= 4 is 51.9 Å². The van der Waals surface area contributed by atoms with Gasteiger partial charge in [-0.05, 0) is 71.1 Å². The summed E-state index contributed by atoms with van der Waals surface area (Å²) in [4.78, 5) is 0. The van der Waals surface area contributed by atoms with E-state index in [1.807, 2.05) is 0 Å². The van der Waals surface area contributed by atoms with Gasteiger partial charge in [-0.1, -0.05) is 48.6 Å². The second kappa shape index (κ2) is 18.7. The van der Waals surface area contributed by atoms with Crippen molar-refractivity contribution in [3.63, 3.8) is 0 Å². The highest BCUT2D eigenvalue weighted by molar-refractivity contribution is 6.91. The van der Waals surface area contributed by atoms with Crippen molar-refractivity contribution in [3.8, 4) is 0 Å². The second-order valence-corrected chi connectivity index (χ2v) is 34.9. The number of allylic oxidation sites excluding steroid dienone is 8. The first kappa shape index (κ1) is 42.0. The first-order chi connectivity index (χ1) is 21.5. The van der Waals surface area contributed by atoms with Crippen LogP contribution in [-0.4, -0.2) is 107 Å². The first-order valence-electron chi connectivity index (χ1n) is 16.0. The molecule has 0 fully saturated rings. The number of hydrogen-bond acceptors (Lipinski definition) is 11. The Kier molecular flexibility index (Phi) is 17.1. The highest BCUT2D eigenvalue weighted by Gasteiger charge is 2.58. The molecule has 0 aromatic rings. The van der Waals surface area contributed by atoms with Gasteiger partial charge >= 0.3 is 35.2 Å². The molecule has 0 aromatic heterocycles. The zero-order valence-corrected chi connectivity index (χ0v) is 36.2. The van der Waals surface area contributed by atoms with Crippen LogP contribution in [0.2, 0.25) is 63.0 Å². The van der Waals surface area contributed by atoms with Crippen LogP contribution in [0.25, 0.3) is 0 Å². The van der Waals surface area contributed by atoms with Crippen molar-refractivity contribution in [2.24, 2.45) is 0 Å². The maximum Gasteiger partial charge on any atom is 0.673 e. The molecular formula is C29H60O11Si6. The minimum absolute atomic E-state index is 0.205. The van der Waals surface area contributed by atoms with Crippen LogP contribution >= 0.6 is 0 Å². The fraction of sp³-hybridized carbons (Fsp3) is 0.724. The molecule has 17 heteroatoms. The van der Waals surface area contributed by atoms with Gasteiger partial charge in [0.05, 0.1) is 13.2 Å². The molecule has 266 valence electrons. The molecule has 0 bridgehead atoms. The standard InChI is InChI=1S/C29H60O11Si6/c1-30-45(31-2,32-3)40-46(33-4,34-5)36-26-25-35-24-19-27-42(9,10)38-44(28-20-15-13-16-21-28,29-22-17-14-18-23-29)39-43(11,12)37-41(6,7)8/h13-18,20,22,28-29H,19,21,23-27H2,1-12H3. The number of ether oxygens (including phenoxy) is 1. The summed E-state index contributed by atoms with van der Waals surface area (Å²) in [6.45, 7) is 16.8. The van der Waals surface area contributed by atoms with Crippen LogP contribution in [0.1, 0.15) is 19.3 Å². The third kappa shape index (κ3) is 12.9. The smallest absolute Gasteiger partial charge is 0.437 e. The second-order valence-electron chi connectivity index (χ2n) is 13.3. The molecule has 2 aliphatic carbocycles. The van der Waals surface area contributed by atoms with Crippen molar-refractivity contribution < 1.29 is 47.8 Å². The molecule has 46 heavy (non-hydrogen) atoms. The van der Waals surface area contributed by atoms with Crippen LogP contribution in [0.15, 0.2) is 48.6 Å². The van der Waals surface area contributed by atoms with Gasteiger partial charge in [-0.3, -0.25) is 0 Å². The van der Waals surface area contributed by atoms with E-state index in [-0.39, 0.29) is 17.7 Å². The molecular weight excluding hydrogens is 693 g/mol. The Morgan fingerprint density at radius 2 is 1.09 bits per heavy atom. The molecule has 0 saturated carbocycles. The fourth-order valence-corrected chi connectivity index (χ4v) is 29.7. The van der Waals surface area contributed by atoms with Gasteiger partial charge in [-0.15, -0.1) is 0 Å². The molecule has 0 heterocycles. The Labute approximate surface area is 284 Å². The molecule has 0 radical (unpaired) electrons. The van der Waals surface area contributed by atoms with E-state index in [2.05, 4.69) is 94.4 Å². The van der Waals surface area contributed by atoms with E-state index in [9.17, 15) is 0 Å². The molecule has 0 amide bonds. The van der Waals surface area contributed by atoms with Crippen molar-refractivity contribution in [2.45, 2.75) is 82.2 Å². The number of rotatable bonds is 23. The fourth-order valence-electron chi connectivity index (χ4n) is 5.75. The normalized spacial score (nSPS) is 20.8. The summed E-state index contributed by atoms with van der Waals surface area (Å²) >= 11 is 0. The lowest BCUT2D eigenvalue weighted by atomic mass is 10.2. The summed E-state index contributed by atoms with van der Waals surface area (Å²) in [6, 6.07) is 0.933. The van der Waals surface area contributed by atoms with Gasteiger partial charge in [-0.2, -0.15) is 0 Å². The van der Waals surface area contributed by atoms with Crippen LogP contribution in [0.4, 0.5) is 0 Å². The summed E-state index contributed by atoms with van der Waals surface area (Å²) < 4.78 is 66.5. The van der Waals surface area contributed by atoms with E-state index in [0.29, 0.717) is 13.2 Å². The van der Waals surface area contributed by atoms with E-state index in [1.54, 1.807) is 0 Å². The molecule has 2 atom stereocenters. The molecule has 0 spiro atoms.